The van der Waals surface area contributed by atoms with Gasteiger partial charge in [-0.3, -0.25) is 14.8 Å². The van der Waals surface area contributed by atoms with E-state index in [1.54, 1.807) is 6.07 Å². The Labute approximate surface area is 147 Å². The van der Waals surface area contributed by atoms with Gasteiger partial charge >= 0.3 is 0 Å². The van der Waals surface area contributed by atoms with Crippen molar-refractivity contribution in [3.8, 4) is 11.3 Å². The number of piperidine rings is 1. The molecule has 25 heavy (non-hydrogen) atoms. The molecule has 3 heterocycles. The lowest BCUT2D eigenvalue weighted by molar-refractivity contribution is -0.0725. The van der Waals surface area contributed by atoms with Gasteiger partial charge in [-0.05, 0) is 25.5 Å². The van der Waals surface area contributed by atoms with Gasteiger partial charge in [-0.2, -0.15) is 5.10 Å². The SMILES string of the molecule is O=C(NC[C@@H]1CN2CCCC[C@@H]2CO1)c1cc(-c2ccccc2)n[nH]1. The van der Waals surface area contributed by atoms with E-state index in [2.05, 4.69) is 20.4 Å². The fraction of sp³-hybridized carbons (Fsp3) is 0.474. The molecule has 0 bridgehead atoms. The van der Waals surface area contributed by atoms with E-state index >= 15 is 0 Å². The largest absolute Gasteiger partial charge is 0.373 e. The summed E-state index contributed by atoms with van der Waals surface area (Å²) in [6, 6.07) is 12.2. The average Bonchev–Trinajstić information content (AvgIpc) is 3.17. The van der Waals surface area contributed by atoms with E-state index in [0.717, 1.165) is 31.0 Å². The third-order valence-corrected chi connectivity index (χ3v) is 5.09. The molecule has 0 aliphatic carbocycles. The number of aromatic nitrogens is 2. The molecule has 0 spiro atoms. The number of aromatic amines is 1. The Morgan fingerprint density at radius 1 is 1.32 bits per heavy atom. The van der Waals surface area contributed by atoms with E-state index in [9.17, 15) is 4.79 Å². The third-order valence-electron chi connectivity index (χ3n) is 5.09. The molecule has 2 aliphatic rings. The van der Waals surface area contributed by atoms with E-state index in [0.29, 0.717) is 18.3 Å². The number of hydrogen-bond donors (Lipinski definition) is 2. The molecule has 2 saturated heterocycles. The lowest BCUT2D eigenvalue weighted by atomic mass is 10.0. The number of ether oxygens (including phenoxy) is 1. The number of fused-ring (bicyclic) bond motifs is 1. The molecule has 0 unspecified atom stereocenters. The number of H-pyrrole nitrogens is 1. The molecular formula is C19H24N4O2. The summed E-state index contributed by atoms with van der Waals surface area (Å²) in [5.41, 5.74) is 2.24. The van der Waals surface area contributed by atoms with Crippen molar-refractivity contribution in [2.24, 2.45) is 0 Å². The summed E-state index contributed by atoms with van der Waals surface area (Å²) in [4.78, 5) is 14.9. The van der Waals surface area contributed by atoms with Gasteiger partial charge in [0, 0.05) is 24.7 Å². The summed E-state index contributed by atoms with van der Waals surface area (Å²) in [5, 5.41) is 10.0. The molecule has 1 aromatic heterocycles. The topological polar surface area (TPSA) is 70.2 Å². The monoisotopic (exact) mass is 340 g/mol. The van der Waals surface area contributed by atoms with E-state index in [1.807, 2.05) is 30.3 Å². The van der Waals surface area contributed by atoms with Gasteiger partial charge in [0.2, 0.25) is 0 Å². The maximum Gasteiger partial charge on any atom is 0.269 e. The Bertz CT molecular complexity index is 715. The van der Waals surface area contributed by atoms with Crippen LogP contribution in [-0.2, 0) is 4.74 Å². The summed E-state index contributed by atoms with van der Waals surface area (Å²) in [7, 11) is 0. The van der Waals surface area contributed by atoms with Gasteiger partial charge in [0.25, 0.3) is 5.91 Å². The molecule has 2 fully saturated rings. The van der Waals surface area contributed by atoms with Gasteiger partial charge in [-0.25, -0.2) is 0 Å². The maximum atomic E-state index is 12.4. The Kier molecular flexibility index (Phi) is 4.81. The van der Waals surface area contributed by atoms with Crippen LogP contribution >= 0.6 is 0 Å². The molecular weight excluding hydrogens is 316 g/mol. The molecule has 4 rings (SSSR count). The van der Waals surface area contributed by atoms with Crippen molar-refractivity contribution in [3.05, 3.63) is 42.1 Å². The van der Waals surface area contributed by atoms with Crippen molar-refractivity contribution >= 4 is 5.91 Å². The minimum absolute atomic E-state index is 0.0646. The van der Waals surface area contributed by atoms with Crippen LogP contribution in [-0.4, -0.2) is 59.4 Å². The van der Waals surface area contributed by atoms with E-state index in [1.165, 1.54) is 19.3 Å². The van der Waals surface area contributed by atoms with Gasteiger partial charge in [-0.15, -0.1) is 0 Å². The van der Waals surface area contributed by atoms with Crippen molar-refractivity contribution in [3.63, 3.8) is 0 Å². The van der Waals surface area contributed by atoms with Crippen LogP contribution in [0.1, 0.15) is 29.8 Å². The Hall–Kier alpha value is -2.18. The number of carbonyl (C=O) groups is 1. The first-order valence-electron chi connectivity index (χ1n) is 9.04. The number of amides is 1. The highest BCUT2D eigenvalue weighted by Crippen LogP contribution is 2.22. The zero-order valence-electron chi connectivity index (χ0n) is 14.3. The summed E-state index contributed by atoms with van der Waals surface area (Å²) < 4.78 is 5.93. The van der Waals surface area contributed by atoms with Crippen molar-refractivity contribution in [2.45, 2.75) is 31.4 Å². The first kappa shape index (κ1) is 16.3. The van der Waals surface area contributed by atoms with Gasteiger partial charge in [0.1, 0.15) is 5.69 Å². The predicted octanol–water partition coefficient (Wildman–Crippen LogP) is 2.06. The van der Waals surface area contributed by atoms with Crippen LogP contribution in [0.4, 0.5) is 0 Å². The number of morpholine rings is 1. The lowest BCUT2D eigenvalue weighted by Crippen LogP contribution is -2.54. The number of carbonyl (C=O) groups excluding carboxylic acids is 1. The quantitative estimate of drug-likeness (QED) is 0.894. The highest BCUT2D eigenvalue weighted by atomic mass is 16.5. The zero-order valence-corrected chi connectivity index (χ0v) is 14.3. The zero-order chi connectivity index (χ0) is 17.1. The van der Waals surface area contributed by atoms with E-state index in [4.69, 9.17) is 4.74 Å². The van der Waals surface area contributed by atoms with Gasteiger partial charge in [0.05, 0.1) is 18.4 Å². The second-order valence-electron chi connectivity index (χ2n) is 6.84. The van der Waals surface area contributed by atoms with Gasteiger partial charge in [0.15, 0.2) is 0 Å². The van der Waals surface area contributed by atoms with Crippen LogP contribution in [0.2, 0.25) is 0 Å². The summed E-state index contributed by atoms with van der Waals surface area (Å²) >= 11 is 0. The Balaban J connectivity index is 1.31. The molecule has 1 aromatic carbocycles. The molecule has 2 aliphatic heterocycles. The van der Waals surface area contributed by atoms with Crippen LogP contribution < -0.4 is 5.32 Å². The highest BCUT2D eigenvalue weighted by Gasteiger charge is 2.30. The molecule has 132 valence electrons. The van der Waals surface area contributed by atoms with Crippen molar-refractivity contribution in [1.29, 1.82) is 0 Å². The van der Waals surface area contributed by atoms with Crippen LogP contribution in [0.3, 0.4) is 0 Å². The molecule has 2 N–H and O–H groups in total. The van der Waals surface area contributed by atoms with Crippen LogP contribution in [0, 0.1) is 0 Å². The Morgan fingerprint density at radius 3 is 3.08 bits per heavy atom. The molecule has 6 heteroatoms. The first-order valence-corrected chi connectivity index (χ1v) is 9.04. The van der Waals surface area contributed by atoms with Crippen molar-refractivity contribution < 1.29 is 9.53 Å². The first-order chi connectivity index (χ1) is 12.3. The third kappa shape index (κ3) is 3.75. The van der Waals surface area contributed by atoms with Crippen LogP contribution in [0.5, 0.6) is 0 Å². The fourth-order valence-corrected chi connectivity index (χ4v) is 3.67. The van der Waals surface area contributed by atoms with Crippen molar-refractivity contribution in [2.75, 3.05) is 26.2 Å². The van der Waals surface area contributed by atoms with Gasteiger partial charge in [-0.1, -0.05) is 36.8 Å². The van der Waals surface area contributed by atoms with E-state index < -0.39 is 0 Å². The number of rotatable bonds is 4. The number of benzene rings is 1. The predicted molar refractivity (Wildman–Crippen MR) is 95.3 cm³/mol. The second-order valence-corrected chi connectivity index (χ2v) is 6.84. The van der Waals surface area contributed by atoms with Crippen LogP contribution in [0.15, 0.2) is 36.4 Å². The normalized spacial score (nSPS) is 23.8. The fourth-order valence-electron chi connectivity index (χ4n) is 3.67. The minimum atomic E-state index is -0.140. The minimum Gasteiger partial charge on any atom is -0.373 e. The molecule has 0 radical (unpaired) electrons. The smallest absolute Gasteiger partial charge is 0.269 e. The molecule has 1 amide bonds. The van der Waals surface area contributed by atoms with Crippen molar-refractivity contribution in [1.82, 2.24) is 20.4 Å². The maximum absolute atomic E-state index is 12.4. The highest BCUT2D eigenvalue weighted by molar-refractivity contribution is 5.93. The summed E-state index contributed by atoms with van der Waals surface area (Å²) in [5.74, 6) is -0.140. The van der Waals surface area contributed by atoms with Crippen LogP contribution in [0.25, 0.3) is 11.3 Å². The lowest BCUT2D eigenvalue weighted by Gasteiger charge is -2.42. The molecule has 2 aromatic rings. The Morgan fingerprint density at radius 2 is 2.20 bits per heavy atom. The molecule has 6 nitrogen and oxygen atoms in total. The summed E-state index contributed by atoms with van der Waals surface area (Å²) in [6.45, 7) is 3.37. The molecule has 2 atom stereocenters. The summed E-state index contributed by atoms with van der Waals surface area (Å²) in [6.07, 6.45) is 3.87. The number of nitrogens with zero attached hydrogens (tertiary/aromatic N) is 2. The van der Waals surface area contributed by atoms with Gasteiger partial charge < -0.3 is 10.1 Å². The number of hydrogen-bond acceptors (Lipinski definition) is 4. The van der Waals surface area contributed by atoms with E-state index in [-0.39, 0.29) is 12.0 Å². The number of nitrogens with one attached hydrogen (secondary N) is 2. The molecule has 0 saturated carbocycles. The average molecular weight is 340 g/mol. The standard InChI is InChI=1S/C19H24N4O2/c24-19(18-10-17(21-22-18)14-6-2-1-3-7-14)20-11-16-12-23-9-5-4-8-15(23)13-25-16/h1-3,6-7,10,15-16H,4-5,8-9,11-13H2,(H,20,24)(H,21,22)/t15-,16-/m1/s1. The second kappa shape index (κ2) is 7.37.